The minimum absolute atomic E-state index is 0.0344. The molecular formula is C25H37NO4S. The molecule has 31 heavy (non-hydrogen) atoms. The number of ether oxygens (including phenoxy) is 2. The summed E-state index contributed by atoms with van der Waals surface area (Å²) in [6, 6.07) is 0. The molecule has 172 valence electrons. The highest BCUT2D eigenvalue weighted by Gasteiger charge is 2.71. The zero-order valence-electron chi connectivity index (χ0n) is 19.2. The minimum Gasteiger partial charge on any atom is -0.393 e. The summed E-state index contributed by atoms with van der Waals surface area (Å²) >= 11 is 1.59. The first kappa shape index (κ1) is 21.0. The Morgan fingerprint density at radius 1 is 0.968 bits per heavy atom. The number of hydrogen-bond acceptors (Lipinski definition) is 6. The lowest BCUT2D eigenvalue weighted by Crippen LogP contribution is -2.64. The van der Waals surface area contributed by atoms with Gasteiger partial charge in [0.15, 0.2) is 5.79 Å². The van der Waals surface area contributed by atoms with Crippen LogP contribution < -0.4 is 0 Å². The summed E-state index contributed by atoms with van der Waals surface area (Å²) in [6.45, 7) is 8.87. The molecule has 0 aromatic carbocycles. The fourth-order valence-corrected chi connectivity index (χ4v) is 9.86. The van der Waals surface area contributed by atoms with Gasteiger partial charge in [-0.15, -0.1) is 11.3 Å². The van der Waals surface area contributed by atoms with Crippen molar-refractivity contribution in [2.45, 2.75) is 102 Å². The van der Waals surface area contributed by atoms with Crippen molar-refractivity contribution in [1.82, 2.24) is 4.98 Å². The van der Waals surface area contributed by atoms with E-state index in [0.29, 0.717) is 23.7 Å². The van der Waals surface area contributed by atoms with E-state index in [-0.39, 0.29) is 29.1 Å². The second-order valence-corrected chi connectivity index (χ2v) is 13.0. The molecule has 6 heteroatoms. The van der Waals surface area contributed by atoms with Crippen LogP contribution in [0, 0.1) is 34.5 Å². The maximum absolute atomic E-state index is 12.0. The second kappa shape index (κ2) is 6.53. The zero-order chi connectivity index (χ0) is 21.8. The standard InChI is InChI=1S/C25H37NO4S/c1-22(2)29-19-17-13-14(27)5-8-23(17,3)15-6-9-24(4)16(18(15)20(19)30-22)7-10-25(24,28)21-26-11-12-31-21/h11-12,14-20,27-28H,5-10,13H2,1-4H3/t14-,15-,16-,17+,18+,19+,20+,23+,24-,25+/m0/s1. The number of aliphatic hydroxyl groups is 2. The van der Waals surface area contributed by atoms with E-state index < -0.39 is 11.4 Å². The summed E-state index contributed by atoms with van der Waals surface area (Å²) < 4.78 is 13.2. The van der Waals surface area contributed by atoms with Crippen LogP contribution in [0.1, 0.15) is 77.6 Å². The Labute approximate surface area is 189 Å². The van der Waals surface area contributed by atoms with Crippen LogP contribution in [-0.2, 0) is 15.1 Å². The van der Waals surface area contributed by atoms with Gasteiger partial charge in [-0.2, -0.15) is 0 Å². The number of aromatic nitrogens is 1. The van der Waals surface area contributed by atoms with Gasteiger partial charge in [-0.05, 0) is 87.9 Å². The first-order valence-electron chi connectivity index (χ1n) is 12.3. The lowest BCUT2D eigenvalue weighted by atomic mass is 9.43. The van der Waals surface area contributed by atoms with Crippen LogP contribution >= 0.6 is 11.3 Å². The summed E-state index contributed by atoms with van der Waals surface area (Å²) in [7, 11) is 0. The molecule has 6 rings (SSSR count). The van der Waals surface area contributed by atoms with Gasteiger partial charge in [0.2, 0.25) is 0 Å². The van der Waals surface area contributed by atoms with Crippen molar-refractivity contribution in [2.75, 3.05) is 0 Å². The molecule has 2 N–H and O–H groups in total. The number of nitrogens with zero attached hydrogens (tertiary/aromatic N) is 1. The normalized spacial score (nSPS) is 55.2. The molecule has 10 atom stereocenters. The van der Waals surface area contributed by atoms with Crippen molar-refractivity contribution in [1.29, 1.82) is 0 Å². The van der Waals surface area contributed by atoms with Crippen LogP contribution in [0.25, 0.3) is 0 Å². The van der Waals surface area contributed by atoms with Gasteiger partial charge in [0, 0.05) is 17.0 Å². The minimum atomic E-state index is -0.845. The Morgan fingerprint density at radius 3 is 2.45 bits per heavy atom. The van der Waals surface area contributed by atoms with E-state index in [9.17, 15) is 10.2 Å². The molecule has 0 spiro atoms. The molecule has 0 bridgehead atoms. The predicted molar refractivity (Wildman–Crippen MR) is 118 cm³/mol. The van der Waals surface area contributed by atoms with Crippen molar-refractivity contribution in [3.8, 4) is 0 Å². The molecule has 1 aliphatic heterocycles. The van der Waals surface area contributed by atoms with Gasteiger partial charge in [0.05, 0.1) is 18.3 Å². The average Bonchev–Trinajstić information content (AvgIpc) is 3.41. The average molecular weight is 448 g/mol. The van der Waals surface area contributed by atoms with Crippen LogP contribution in [0.2, 0.25) is 0 Å². The molecule has 5 aliphatic rings. The number of thiazole rings is 1. The third-order valence-corrected chi connectivity index (χ3v) is 11.4. The molecule has 0 radical (unpaired) electrons. The van der Waals surface area contributed by atoms with Crippen LogP contribution in [0.5, 0.6) is 0 Å². The van der Waals surface area contributed by atoms with Gasteiger partial charge in [0.1, 0.15) is 10.6 Å². The molecule has 0 amide bonds. The maximum Gasteiger partial charge on any atom is 0.163 e. The van der Waals surface area contributed by atoms with E-state index >= 15 is 0 Å². The molecule has 5 nitrogen and oxygen atoms in total. The smallest absolute Gasteiger partial charge is 0.163 e. The molecule has 2 heterocycles. The molecule has 4 saturated carbocycles. The summed E-state index contributed by atoms with van der Waals surface area (Å²) in [5, 5.41) is 25.4. The number of hydrogen-bond donors (Lipinski definition) is 2. The van der Waals surface area contributed by atoms with Crippen molar-refractivity contribution in [3.05, 3.63) is 16.6 Å². The van der Waals surface area contributed by atoms with Crippen molar-refractivity contribution >= 4 is 11.3 Å². The van der Waals surface area contributed by atoms with E-state index in [4.69, 9.17) is 9.47 Å². The lowest BCUT2D eigenvalue weighted by Gasteiger charge is -2.63. The molecular weight excluding hydrogens is 410 g/mol. The summed E-state index contributed by atoms with van der Waals surface area (Å²) in [5.41, 5.74) is -0.871. The first-order chi connectivity index (χ1) is 14.6. The van der Waals surface area contributed by atoms with Crippen molar-refractivity contribution < 1.29 is 19.7 Å². The van der Waals surface area contributed by atoms with Crippen LogP contribution in [0.15, 0.2) is 11.6 Å². The van der Waals surface area contributed by atoms with Crippen LogP contribution in [0.3, 0.4) is 0 Å². The molecule has 5 fully saturated rings. The van der Waals surface area contributed by atoms with Gasteiger partial charge in [-0.25, -0.2) is 4.98 Å². The van der Waals surface area contributed by atoms with Gasteiger partial charge in [0.25, 0.3) is 0 Å². The highest BCUT2D eigenvalue weighted by Crippen LogP contribution is 2.71. The highest BCUT2D eigenvalue weighted by atomic mass is 32.1. The Hall–Kier alpha value is -0.530. The molecule has 4 aliphatic carbocycles. The number of rotatable bonds is 1. The molecule has 0 unspecified atom stereocenters. The fraction of sp³-hybridized carbons (Fsp3) is 0.880. The summed E-state index contributed by atoms with van der Waals surface area (Å²) in [4.78, 5) is 4.57. The lowest BCUT2D eigenvalue weighted by molar-refractivity contribution is -0.206. The first-order valence-corrected chi connectivity index (χ1v) is 13.1. The monoisotopic (exact) mass is 447 g/mol. The van der Waals surface area contributed by atoms with Crippen LogP contribution in [-0.4, -0.2) is 39.3 Å². The molecule has 1 saturated heterocycles. The Balaban J connectivity index is 1.44. The highest BCUT2D eigenvalue weighted by molar-refractivity contribution is 7.09. The van der Waals surface area contributed by atoms with Gasteiger partial charge in [-0.1, -0.05) is 13.8 Å². The largest absolute Gasteiger partial charge is 0.393 e. The van der Waals surface area contributed by atoms with E-state index in [1.165, 1.54) is 0 Å². The van der Waals surface area contributed by atoms with Gasteiger partial charge >= 0.3 is 0 Å². The van der Waals surface area contributed by atoms with E-state index in [1.54, 1.807) is 11.3 Å². The summed E-state index contributed by atoms with van der Waals surface area (Å²) in [6.07, 6.45) is 8.41. The van der Waals surface area contributed by atoms with E-state index in [0.717, 1.165) is 50.0 Å². The van der Waals surface area contributed by atoms with E-state index in [1.807, 2.05) is 25.4 Å². The zero-order valence-corrected chi connectivity index (χ0v) is 20.0. The number of aliphatic hydroxyl groups excluding tert-OH is 1. The second-order valence-electron chi connectivity index (χ2n) is 12.1. The molecule has 1 aromatic rings. The Kier molecular flexibility index (Phi) is 4.43. The third kappa shape index (κ3) is 2.66. The Morgan fingerprint density at radius 2 is 1.71 bits per heavy atom. The quantitative estimate of drug-likeness (QED) is 0.664. The molecule has 1 aromatic heterocycles. The van der Waals surface area contributed by atoms with Crippen molar-refractivity contribution in [2.24, 2.45) is 34.5 Å². The summed E-state index contributed by atoms with van der Waals surface area (Å²) in [5.74, 6) is 1.09. The third-order valence-electron chi connectivity index (χ3n) is 10.4. The fourth-order valence-electron chi connectivity index (χ4n) is 8.96. The van der Waals surface area contributed by atoms with Gasteiger partial charge < -0.3 is 19.7 Å². The Bertz CT molecular complexity index is 860. The predicted octanol–water partition coefficient (Wildman–Crippen LogP) is 4.47. The van der Waals surface area contributed by atoms with Crippen LogP contribution in [0.4, 0.5) is 0 Å². The number of fused-ring (bicyclic) bond motifs is 8. The maximum atomic E-state index is 12.0. The van der Waals surface area contributed by atoms with Gasteiger partial charge in [-0.3, -0.25) is 0 Å². The van der Waals surface area contributed by atoms with Crippen molar-refractivity contribution in [3.63, 3.8) is 0 Å². The van der Waals surface area contributed by atoms with E-state index in [2.05, 4.69) is 18.8 Å². The SMILES string of the molecule is CC1(C)O[C@H]2[C@H](O1)[C@H]1C[C@@H](O)CC[C@]1(C)[C@H]1CC[C@@]3(C)[C@@H](CC[C@@]3(O)c3nccs3)[C@H]21. The topological polar surface area (TPSA) is 71.8 Å².